The van der Waals surface area contributed by atoms with E-state index in [-0.39, 0.29) is 16.2 Å². The van der Waals surface area contributed by atoms with Gasteiger partial charge in [0.2, 0.25) is 5.88 Å². The molecule has 0 radical (unpaired) electrons. The first-order valence-electron chi connectivity index (χ1n) is 3.64. The number of hydrogen-bond acceptors (Lipinski definition) is 3. The van der Waals surface area contributed by atoms with Gasteiger partial charge in [0.05, 0.1) is 5.02 Å². The molecule has 0 saturated heterocycles. The van der Waals surface area contributed by atoms with Gasteiger partial charge in [-0.2, -0.15) is 0 Å². The van der Waals surface area contributed by atoms with Crippen LogP contribution in [0.15, 0.2) is 10.7 Å². The fourth-order valence-corrected chi connectivity index (χ4v) is 1.45. The van der Waals surface area contributed by atoms with E-state index in [4.69, 9.17) is 17.3 Å². The van der Waals surface area contributed by atoms with Crippen molar-refractivity contribution in [2.24, 2.45) is 5.73 Å². The SMILES string of the molecule is NCc1cc(OC(F)(F)F)nc(Br)c1Cl. The zero-order chi connectivity index (χ0) is 11.6. The minimum Gasteiger partial charge on any atom is -0.388 e. The molecule has 3 nitrogen and oxygen atoms in total. The third kappa shape index (κ3) is 3.51. The molecule has 0 fully saturated rings. The second-order valence-corrected chi connectivity index (χ2v) is 3.61. The summed E-state index contributed by atoms with van der Waals surface area (Å²) in [6.45, 7) is -0.00578. The van der Waals surface area contributed by atoms with E-state index >= 15 is 0 Å². The largest absolute Gasteiger partial charge is 0.574 e. The Hall–Kier alpha value is -0.530. The molecule has 0 aliphatic carbocycles. The van der Waals surface area contributed by atoms with Gasteiger partial charge in [-0.1, -0.05) is 11.6 Å². The van der Waals surface area contributed by atoms with Crippen molar-refractivity contribution in [2.75, 3.05) is 0 Å². The third-order valence-electron chi connectivity index (χ3n) is 1.41. The summed E-state index contributed by atoms with van der Waals surface area (Å²) in [5, 5.41) is 0.173. The second-order valence-electron chi connectivity index (χ2n) is 2.48. The molecule has 1 aromatic rings. The lowest BCUT2D eigenvalue weighted by molar-refractivity contribution is -0.276. The number of nitrogens with zero attached hydrogens (tertiary/aromatic N) is 1. The Kier molecular flexibility index (Phi) is 3.80. The lowest BCUT2D eigenvalue weighted by Gasteiger charge is -2.10. The average Bonchev–Trinajstić information content (AvgIpc) is 2.08. The highest BCUT2D eigenvalue weighted by molar-refractivity contribution is 9.10. The number of ether oxygens (including phenoxy) is 1. The van der Waals surface area contributed by atoms with Gasteiger partial charge in [0.1, 0.15) is 4.60 Å². The molecule has 0 bridgehead atoms. The predicted molar refractivity (Wildman–Crippen MR) is 51.5 cm³/mol. The smallest absolute Gasteiger partial charge is 0.388 e. The van der Waals surface area contributed by atoms with Gasteiger partial charge in [-0.3, -0.25) is 0 Å². The van der Waals surface area contributed by atoms with Crippen molar-refractivity contribution in [2.45, 2.75) is 12.9 Å². The Labute approximate surface area is 96.5 Å². The number of rotatable bonds is 2. The molecule has 84 valence electrons. The van der Waals surface area contributed by atoms with Crippen LogP contribution in [-0.2, 0) is 6.54 Å². The number of halogens is 5. The Morgan fingerprint density at radius 3 is 2.60 bits per heavy atom. The molecule has 0 saturated carbocycles. The van der Waals surface area contributed by atoms with Crippen LogP contribution in [0.25, 0.3) is 0 Å². The van der Waals surface area contributed by atoms with E-state index in [1.807, 2.05) is 0 Å². The summed E-state index contributed by atoms with van der Waals surface area (Å²) >= 11 is 8.61. The van der Waals surface area contributed by atoms with Gasteiger partial charge in [-0.05, 0) is 21.5 Å². The Morgan fingerprint density at radius 1 is 1.53 bits per heavy atom. The normalized spacial score (nSPS) is 11.6. The fraction of sp³-hybridized carbons (Fsp3) is 0.286. The number of pyridine rings is 1. The van der Waals surface area contributed by atoms with Crippen LogP contribution in [-0.4, -0.2) is 11.3 Å². The van der Waals surface area contributed by atoms with Crippen LogP contribution in [0.1, 0.15) is 5.56 Å². The van der Waals surface area contributed by atoms with Crippen LogP contribution < -0.4 is 10.5 Å². The zero-order valence-electron chi connectivity index (χ0n) is 7.11. The molecule has 0 aliphatic rings. The number of hydrogen-bond donors (Lipinski definition) is 1. The van der Waals surface area contributed by atoms with Gasteiger partial charge in [-0.25, -0.2) is 4.98 Å². The van der Waals surface area contributed by atoms with Crippen LogP contribution >= 0.6 is 27.5 Å². The van der Waals surface area contributed by atoms with Crippen molar-refractivity contribution in [1.82, 2.24) is 4.98 Å². The van der Waals surface area contributed by atoms with E-state index in [9.17, 15) is 13.2 Å². The topological polar surface area (TPSA) is 48.1 Å². The van der Waals surface area contributed by atoms with Gasteiger partial charge in [-0.15, -0.1) is 13.2 Å². The minimum absolute atomic E-state index is 0.00578. The maximum absolute atomic E-state index is 11.9. The van der Waals surface area contributed by atoms with Gasteiger partial charge >= 0.3 is 6.36 Å². The summed E-state index contributed by atoms with van der Waals surface area (Å²) in [5.41, 5.74) is 5.60. The summed E-state index contributed by atoms with van der Waals surface area (Å²) in [4.78, 5) is 3.45. The van der Waals surface area contributed by atoms with Crippen LogP contribution in [0.3, 0.4) is 0 Å². The molecule has 1 rings (SSSR count). The summed E-state index contributed by atoms with van der Waals surface area (Å²) in [6, 6.07) is 1.04. The minimum atomic E-state index is -4.79. The third-order valence-corrected chi connectivity index (χ3v) is 2.63. The lowest BCUT2D eigenvalue weighted by Crippen LogP contribution is -2.18. The van der Waals surface area contributed by atoms with E-state index < -0.39 is 12.2 Å². The molecule has 15 heavy (non-hydrogen) atoms. The zero-order valence-corrected chi connectivity index (χ0v) is 9.45. The van der Waals surface area contributed by atoms with Crippen LogP contribution in [0.5, 0.6) is 5.88 Å². The van der Waals surface area contributed by atoms with E-state index in [0.29, 0.717) is 5.56 Å². The molecule has 0 spiro atoms. The molecule has 0 aliphatic heterocycles. The van der Waals surface area contributed by atoms with Gasteiger partial charge in [0.15, 0.2) is 0 Å². The number of alkyl halides is 3. The number of nitrogens with two attached hydrogens (primary N) is 1. The summed E-state index contributed by atoms with van der Waals surface area (Å²) in [6.07, 6.45) is -4.79. The molecule has 0 atom stereocenters. The van der Waals surface area contributed by atoms with Crippen molar-refractivity contribution in [3.8, 4) is 5.88 Å². The molecule has 2 N–H and O–H groups in total. The first-order valence-corrected chi connectivity index (χ1v) is 4.81. The molecule has 0 unspecified atom stereocenters. The molecule has 0 amide bonds. The van der Waals surface area contributed by atoms with Gasteiger partial charge in [0.25, 0.3) is 0 Å². The summed E-state index contributed by atoms with van der Waals surface area (Å²) < 4.78 is 39.3. The highest BCUT2D eigenvalue weighted by Gasteiger charge is 2.32. The van der Waals surface area contributed by atoms with Crippen molar-refractivity contribution in [3.05, 3.63) is 21.3 Å². The lowest BCUT2D eigenvalue weighted by atomic mass is 10.3. The van der Waals surface area contributed by atoms with Gasteiger partial charge in [0, 0.05) is 12.6 Å². The maximum Gasteiger partial charge on any atom is 0.574 e. The standard InChI is InChI=1S/C7H5BrClF3N2O/c8-6-5(9)3(2-13)1-4(14-6)15-7(10,11)12/h1H,2,13H2. The first kappa shape index (κ1) is 12.5. The van der Waals surface area contributed by atoms with E-state index in [1.54, 1.807) is 0 Å². The van der Waals surface area contributed by atoms with E-state index in [0.717, 1.165) is 6.07 Å². The van der Waals surface area contributed by atoms with Crippen molar-refractivity contribution in [1.29, 1.82) is 0 Å². The maximum atomic E-state index is 11.9. The first-order chi connectivity index (χ1) is 6.83. The Morgan fingerprint density at radius 2 is 2.13 bits per heavy atom. The second kappa shape index (κ2) is 4.54. The highest BCUT2D eigenvalue weighted by atomic mass is 79.9. The summed E-state index contributed by atoms with van der Waals surface area (Å²) in [7, 11) is 0. The van der Waals surface area contributed by atoms with Gasteiger partial charge < -0.3 is 10.5 Å². The van der Waals surface area contributed by atoms with Crippen molar-refractivity contribution < 1.29 is 17.9 Å². The highest BCUT2D eigenvalue weighted by Crippen LogP contribution is 2.30. The Bertz CT molecular complexity index is 372. The van der Waals surface area contributed by atoms with Crippen LogP contribution in [0.4, 0.5) is 13.2 Å². The van der Waals surface area contributed by atoms with Crippen LogP contribution in [0.2, 0.25) is 5.02 Å². The fourth-order valence-electron chi connectivity index (χ4n) is 0.842. The predicted octanol–water partition coefficient (Wildman–Crippen LogP) is 2.85. The quantitative estimate of drug-likeness (QED) is 0.855. The average molecular weight is 305 g/mol. The van der Waals surface area contributed by atoms with Crippen molar-refractivity contribution in [3.63, 3.8) is 0 Å². The molecule has 0 aromatic carbocycles. The molecular formula is C7H5BrClF3N2O. The molecule has 1 aromatic heterocycles. The van der Waals surface area contributed by atoms with E-state index in [2.05, 4.69) is 25.7 Å². The van der Waals surface area contributed by atoms with E-state index in [1.165, 1.54) is 0 Å². The number of aromatic nitrogens is 1. The summed E-state index contributed by atoms with van der Waals surface area (Å²) in [5.74, 6) is -0.598. The van der Waals surface area contributed by atoms with Crippen LogP contribution in [0, 0.1) is 0 Å². The Balaban J connectivity index is 3.06. The van der Waals surface area contributed by atoms with Crippen molar-refractivity contribution >= 4 is 27.5 Å². The molecule has 1 heterocycles. The molecular weight excluding hydrogens is 300 g/mol. The molecule has 8 heteroatoms. The monoisotopic (exact) mass is 304 g/mol.